The standard InChI is InChI=1S/C20H24N4/c1-4-20(3)11-10-17-19(22-20)23-13-5-12-21-18(23)14-24(17)16-8-6-15(2)7-9-16/h5-9,12-14,17H,4,10-11H2,1-3H3. The average Bonchev–Trinajstić information content (AvgIpc) is 2.62. The van der Waals surface area contributed by atoms with Crippen molar-refractivity contribution in [3.05, 3.63) is 54.1 Å². The van der Waals surface area contributed by atoms with E-state index in [4.69, 9.17) is 4.99 Å². The predicted molar refractivity (Wildman–Crippen MR) is 100 cm³/mol. The molecule has 0 spiro atoms. The van der Waals surface area contributed by atoms with Gasteiger partial charge in [0, 0.05) is 24.3 Å². The summed E-state index contributed by atoms with van der Waals surface area (Å²) < 4.78 is 0. The second kappa shape index (κ2) is 5.62. The zero-order valence-electron chi connectivity index (χ0n) is 14.6. The number of anilines is 1. The van der Waals surface area contributed by atoms with Crippen molar-refractivity contribution >= 4 is 17.7 Å². The quantitative estimate of drug-likeness (QED) is 0.816. The minimum atomic E-state index is 0.0300. The number of aliphatic imine (C=N–C) groups is 2. The van der Waals surface area contributed by atoms with Crippen molar-refractivity contribution in [3.63, 3.8) is 0 Å². The number of hydrogen-bond donors (Lipinski definition) is 0. The normalized spacial score (nSPS) is 28.2. The van der Waals surface area contributed by atoms with E-state index < -0.39 is 0 Å². The van der Waals surface area contributed by atoms with Gasteiger partial charge in [0.2, 0.25) is 0 Å². The molecule has 3 aliphatic heterocycles. The first-order valence-electron chi connectivity index (χ1n) is 8.76. The molecule has 0 aromatic heterocycles. The number of hydrogen-bond acceptors (Lipinski definition) is 4. The van der Waals surface area contributed by atoms with Crippen molar-refractivity contribution in [3.8, 4) is 0 Å². The Morgan fingerprint density at radius 2 is 2.04 bits per heavy atom. The van der Waals surface area contributed by atoms with Gasteiger partial charge in [-0.2, -0.15) is 0 Å². The van der Waals surface area contributed by atoms with Crippen LogP contribution in [0.25, 0.3) is 0 Å². The highest BCUT2D eigenvalue weighted by atomic mass is 15.4. The van der Waals surface area contributed by atoms with Gasteiger partial charge < -0.3 is 4.90 Å². The van der Waals surface area contributed by atoms with Crippen LogP contribution in [0.5, 0.6) is 0 Å². The fourth-order valence-corrected chi connectivity index (χ4v) is 3.58. The molecule has 24 heavy (non-hydrogen) atoms. The summed E-state index contributed by atoms with van der Waals surface area (Å²) in [5.41, 5.74) is 2.51. The number of fused-ring (bicyclic) bond motifs is 3. The first-order valence-corrected chi connectivity index (χ1v) is 8.76. The van der Waals surface area contributed by atoms with Gasteiger partial charge in [0.25, 0.3) is 0 Å². The minimum absolute atomic E-state index is 0.0300. The summed E-state index contributed by atoms with van der Waals surface area (Å²) in [6.45, 7) is 6.61. The fraction of sp³-hybridized carbons (Fsp3) is 0.400. The second-order valence-corrected chi connectivity index (χ2v) is 7.09. The molecule has 3 heterocycles. The van der Waals surface area contributed by atoms with Crippen LogP contribution in [0.3, 0.4) is 0 Å². The number of benzene rings is 1. The monoisotopic (exact) mass is 320 g/mol. The molecule has 124 valence electrons. The van der Waals surface area contributed by atoms with Crippen LogP contribution in [0.2, 0.25) is 0 Å². The van der Waals surface area contributed by atoms with E-state index in [2.05, 4.69) is 72.2 Å². The molecule has 1 aromatic carbocycles. The molecule has 0 N–H and O–H groups in total. The fourth-order valence-electron chi connectivity index (χ4n) is 3.58. The van der Waals surface area contributed by atoms with Gasteiger partial charge in [-0.25, -0.2) is 4.99 Å². The van der Waals surface area contributed by atoms with E-state index >= 15 is 0 Å². The Morgan fingerprint density at radius 1 is 1.25 bits per heavy atom. The summed E-state index contributed by atoms with van der Waals surface area (Å²) in [6.07, 6.45) is 11.3. The summed E-state index contributed by atoms with van der Waals surface area (Å²) in [7, 11) is 0. The molecule has 0 amide bonds. The first kappa shape index (κ1) is 15.2. The number of allylic oxidation sites excluding steroid dienone is 1. The second-order valence-electron chi connectivity index (χ2n) is 7.09. The van der Waals surface area contributed by atoms with Crippen molar-refractivity contribution in [1.29, 1.82) is 0 Å². The van der Waals surface area contributed by atoms with E-state index in [0.29, 0.717) is 0 Å². The third-order valence-electron chi connectivity index (χ3n) is 5.34. The lowest BCUT2D eigenvalue weighted by Crippen LogP contribution is -2.53. The molecule has 4 nitrogen and oxygen atoms in total. The molecular weight excluding hydrogens is 296 g/mol. The molecule has 0 saturated carbocycles. The van der Waals surface area contributed by atoms with E-state index in [-0.39, 0.29) is 11.6 Å². The molecule has 3 aliphatic rings. The molecule has 0 bridgehead atoms. The van der Waals surface area contributed by atoms with Gasteiger partial charge in [0.15, 0.2) is 5.82 Å². The predicted octanol–water partition coefficient (Wildman–Crippen LogP) is 4.24. The summed E-state index contributed by atoms with van der Waals surface area (Å²) in [5, 5.41) is 0. The van der Waals surface area contributed by atoms with Crippen LogP contribution in [0.15, 0.2) is 58.5 Å². The summed E-state index contributed by atoms with van der Waals surface area (Å²) >= 11 is 0. The molecule has 0 saturated heterocycles. The van der Waals surface area contributed by atoms with Crippen LogP contribution in [0, 0.1) is 6.92 Å². The lowest BCUT2D eigenvalue weighted by Gasteiger charge is -2.46. The average molecular weight is 320 g/mol. The lowest BCUT2D eigenvalue weighted by molar-refractivity contribution is 0.362. The van der Waals surface area contributed by atoms with Crippen LogP contribution in [0.1, 0.15) is 38.7 Å². The minimum Gasteiger partial charge on any atom is -0.334 e. The smallest absolute Gasteiger partial charge is 0.154 e. The SMILES string of the molecule is CCC1(C)CCC2C(=N1)N1C=CC=NC1=CN2c1ccc(C)cc1. The molecule has 1 aromatic rings. The zero-order valence-corrected chi connectivity index (χ0v) is 14.6. The summed E-state index contributed by atoms with van der Waals surface area (Å²) in [5.74, 6) is 2.06. The topological polar surface area (TPSA) is 31.2 Å². The Morgan fingerprint density at radius 3 is 2.79 bits per heavy atom. The van der Waals surface area contributed by atoms with Crippen LogP contribution >= 0.6 is 0 Å². The van der Waals surface area contributed by atoms with Gasteiger partial charge in [-0.05, 0) is 51.3 Å². The molecule has 0 radical (unpaired) electrons. The van der Waals surface area contributed by atoms with Crippen molar-refractivity contribution < 1.29 is 0 Å². The van der Waals surface area contributed by atoms with Gasteiger partial charge >= 0.3 is 0 Å². The van der Waals surface area contributed by atoms with Crippen LogP contribution < -0.4 is 4.90 Å². The number of nitrogens with zero attached hydrogens (tertiary/aromatic N) is 4. The molecular formula is C20H24N4. The Balaban J connectivity index is 1.82. The maximum atomic E-state index is 5.17. The number of rotatable bonds is 2. The molecule has 4 rings (SSSR count). The van der Waals surface area contributed by atoms with Gasteiger partial charge in [-0.15, -0.1) is 0 Å². The van der Waals surface area contributed by atoms with Crippen LogP contribution in [0.4, 0.5) is 5.69 Å². The summed E-state index contributed by atoms with van der Waals surface area (Å²) in [6, 6.07) is 8.99. The largest absolute Gasteiger partial charge is 0.334 e. The number of amidine groups is 1. The van der Waals surface area contributed by atoms with Crippen molar-refractivity contribution in [1.82, 2.24) is 4.90 Å². The van der Waals surface area contributed by atoms with E-state index in [0.717, 1.165) is 30.9 Å². The Kier molecular flexibility index (Phi) is 3.56. The van der Waals surface area contributed by atoms with Crippen LogP contribution in [-0.2, 0) is 0 Å². The Labute approximate surface area is 143 Å². The summed E-state index contributed by atoms with van der Waals surface area (Å²) in [4.78, 5) is 14.2. The molecule has 4 heteroatoms. The highest BCUT2D eigenvalue weighted by Gasteiger charge is 2.40. The van der Waals surface area contributed by atoms with E-state index in [1.807, 2.05) is 12.3 Å². The van der Waals surface area contributed by atoms with Gasteiger partial charge in [0.1, 0.15) is 5.84 Å². The molecule has 2 unspecified atom stereocenters. The van der Waals surface area contributed by atoms with E-state index in [1.165, 1.54) is 11.3 Å². The van der Waals surface area contributed by atoms with E-state index in [9.17, 15) is 0 Å². The molecule has 0 fully saturated rings. The highest BCUT2D eigenvalue weighted by molar-refractivity contribution is 5.96. The van der Waals surface area contributed by atoms with Gasteiger partial charge in [-0.1, -0.05) is 24.6 Å². The zero-order chi connectivity index (χ0) is 16.7. The van der Waals surface area contributed by atoms with Crippen LogP contribution in [-0.4, -0.2) is 28.5 Å². The van der Waals surface area contributed by atoms with Crippen molar-refractivity contribution in [2.45, 2.75) is 51.6 Å². The van der Waals surface area contributed by atoms with Crippen molar-refractivity contribution in [2.24, 2.45) is 9.98 Å². The lowest BCUT2D eigenvalue weighted by atomic mass is 9.86. The first-order chi connectivity index (χ1) is 11.6. The maximum absolute atomic E-state index is 5.17. The highest BCUT2D eigenvalue weighted by Crippen LogP contribution is 2.37. The van der Waals surface area contributed by atoms with Crippen molar-refractivity contribution in [2.75, 3.05) is 4.90 Å². The third kappa shape index (κ3) is 2.46. The van der Waals surface area contributed by atoms with Gasteiger partial charge in [0.05, 0.1) is 11.6 Å². The maximum Gasteiger partial charge on any atom is 0.154 e. The molecule has 2 atom stereocenters. The third-order valence-corrected chi connectivity index (χ3v) is 5.34. The Hall–Kier alpha value is -2.36. The van der Waals surface area contributed by atoms with Gasteiger partial charge in [-0.3, -0.25) is 9.89 Å². The molecule has 0 aliphatic carbocycles. The van der Waals surface area contributed by atoms with E-state index in [1.54, 1.807) is 0 Å². The Bertz CT molecular complexity index is 756. The number of aryl methyl sites for hydroxylation is 1.